The van der Waals surface area contributed by atoms with Crippen LogP contribution in [0.5, 0.6) is 0 Å². The number of hydrogen-bond acceptors (Lipinski definition) is 3. The van der Waals surface area contributed by atoms with Gasteiger partial charge in [-0.2, -0.15) is 5.26 Å². The molecule has 1 aliphatic heterocycles. The third-order valence-corrected chi connectivity index (χ3v) is 2.74. The SMILES string of the molecule is CC1CNC(=O)C(CC#N)N1C(C)(C)C. The molecule has 1 amide bonds. The van der Waals surface area contributed by atoms with Crippen LogP contribution in [-0.4, -0.2) is 35.0 Å². The van der Waals surface area contributed by atoms with E-state index < -0.39 is 0 Å². The summed E-state index contributed by atoms with van der Waals surface area (Å²) < 4.78 is 0. The van der Waals surface area contributed by atoms with Crippen molar-refractivity contribution in [3.63, 3.8) is 0 Å². The fourth-order valence-corrected chi connectivity index (χ4v) is 2.30. The predicted octanol–water partition coefficient (Wildman–Crippen LogP) is 0.887. The number of carbonyl (C=O) groups excluding carboxylic acids is 1. The highest BCUT2D eigenvalue weighted by Gasteiger charge is 2.39. The Balaban J connectivity index is 2.94. The number of nitrogens with one attached hydrogen (secondary N) is 1. The summed E-state index contributed by atoms with van der Waals surface area (Å²) in [5, 5.41) is 11.6. The molecule has 4 heteroatoms. The van der Waals surface area contributed by atoms with Crippen molar-refractivity contribution in [1.29, 1.82) is 5.26 Å². The van der Waals surface area contributed by atoms with E-state index in [9.17, 15) is 4.79 Å². The Morgan fingerprint density at radius 1 is 1.60 bits per heavy atom. The van der Waals surface area contributed by atoms with Gasteiger partial charge in [0.05, 0.1) is 12.5 Å². The minimum Gasteiger partial charge on any atom is -0.353 e. The second-order valence-electron chi connectivity index (χ2n) is 5.05. The molecule has 0 aromatic heterocycles. The zero-order chi connectivity index (χ0) is 11.6. The van der Waals surface area contributed by atoms with Crippen molar-refractivity contribution in [3.05, 3.63) is 0 Å². The van der Waals surface area contributed by atoms with Crippen LogP contribution in [0, 0.1) is 11.3 Å². The van der Waals surface area contributed by atoms with E-state index in [1.807, 2.05) is 0 Å². The molecule has 2 unspecified atom stereocenters. The van der Waals surface area contributed by atoms with E-state index in [1.54, 1.807) is 0 Å². The first-order valence-corrected chi connectivity index (χ1v) is 5.31. The Hall–Kier alpha value is -1.08. The second kappa shape index (κ2) is 4.19. The minimum atomic E-state index is -0.307. The number of rotatable bonds is 1. The Kier molecular flexibility index (Phi) is 3.35. The number of hydrogen-bond donors (Lipinski definition) is 1. The summed E-state index contributed by atoms with van der Waals surface area (Å²) in [6.45, 7) is 8.97. The summed E-state index contributed by atoms with van der Waals surface area (Å²) in [5.74, 6) is -0.0235. The maximum Gasteiger partial charge on any atom is 0.238 e. The fraction of sp³-hybridized carbons (Fsp3) is 0.818. The zero-order valence-electron chi connectivity index (χ0n) is 9.87. The molecular weight excluding hydrogens is 190 g/mol. The Morgan fingerprint density at radius 2 is 2.20 bits per heavy atom. The van der Waals surface area contributed by atoms with Gasteiger partial charge in [0.15, 0.2) is 0 Å². The van der Waals surface area contributed by atoms with Crippen molar-refractivity contribution < 1.29 is 4.79 Å². The molecule has 1 rings (SSSR count). The number of carbonyl (C=O) groups is 1. The first-order valence-electron chi connectivity index (χ1n) is 5.31. The fourth-order valence-electron chi connectivity index (χ4n) is 2.30. The third kappa shape index (κ3) is 2.48. The van der Waals surface area contributed by atoms with Gasteiger partial charge in [-0.05, 0) is 27.7 Å². The number of amides is 1. The summed E-state index contributed by atoms with van der Waals surface area (Å²) in [7, 11) is 0. The van der Waals surface area contributed by atoms with Crippen LogP contribution in [-0.2, 0) is 4.79 Å². The van der Waals surface area contributed by atoms with E-state index in [1.165, 1.54) is 0 Å². The molecule has 2 atom stereocenters. The molecular formula is C11H19N3O. The molecule has 0 aromatic carbocycles. The van der Waals surface area contributed by atoms with Gasteiger partial charge in [0.2, 0.25) is 5.91 Å². The Bertz CT molecular complexity index is 287. The summed E-state index contributed by atoms with van der Waals surface area (Å²) in [5.41, 5.74) is -0.0846. The van der Waals surface area contributed by atoms with E-state index in [0.717, 1.165) is 0 Å². The third-order valence-electron chi connectivity index (χ3n) is 2.74. The highest BCUT2D eigenvalue weighted by Crippen LogP contribution is 2.24. The monoisotopic (exact) mass is 209 g/mol. The molecule has 0 spiro atoms. The number of nitrogens with zero attached hydrogens (tertiary/aromatic N) is 2. The van der Waals surface area contributed by atoms with Gasteiger partial charge in [-0.1, -0.05) is 0 Å². The second-order valence-corrected chi connectivity index (χ2v) is 5.05. The molecule has 1 N–H and O–H groups in total. The Morgan fingerprint density at radius 3 is 2.67 bits per heavy atom. The molecule has 0 saturated carbocycles. The van der Waals surface area contributed by atoms with E-state index in [4.69, 9.17) is 5.26 Å². The highest BCUT2D eigenvalue weighted by molar-refractivity contribution is 5.83. The van der Waals surface area contributed by atoms with Crippen molar-refractivity contribution in [2.45, 2.75) is 51.7 Å². The van der Waals surface area contributed by atoms with Gasteiger partial charge >= 0.3 is 0 Å². The molecule has 4 nitrogen and oxygen atoms in total. The van der Waals surface area contributed by atoms with Crippen molar-refractivity contribution in [2.24, 2.45) is 0 Å². The van der Waals surface area contributed by atoms with Gasteiger partial charge in [0.25, 0.3) is 0 Å². The van der Waals surface area contributed by atoms with Gasteiger partial charge in [-0.3, -0.25) is 9.69 Å². The van der Waals surface area contributed by atoms with Gasteiger partial charge in [-0.25, -0.2) is 0 Å². The zero-order valence-corrected chi connectivity index (χ0v) is 9.87. The van der Waals surface area contributed by atoms with Crippen molar-refractivity contribution in [1.82, 2.24) is 10.2 Å². The lowest BCUT2D eigenvalue weighted by Gasteiger charge is -2.47. The first-order chi connectivity index (χ1) is 6.88. The molecule has 1 heterocycles. The van der Waals surface area contributed by atoms with E-state index in [-0.39, 0.29) is 30.0 Å². The molecule has 1 aliphatic rings. The lowest BCUT2D eigenvalue weighted by atomic mass is 9.95. The molecule has 84 valence electrons. The van der Waals surface area contributed by atoms with Crippen LogP contribution in [0.15, 0.2) is 0 Å². The van der Waals surface area contributed by atoms with Crippen LogP contribution in [0.3, 0.4) is 0 Å². The van der Waals surface area contributed by atoms with E-state index in [2.05, 4.69) is 44.0 Å². The molecule has 0 aliphatic carbocycles. The summed E-state index contributed by atoms with van der Waals surface area (Å²) >= 11 is 0. The predicted molar refractivity (Wildman–Crippen MR) is 58.1 cm³/mol. The smallest absolute Gasteiger partial charge is 0.238 e. The topological polar surface area (TPSA) is 56.1 Å². The Labute approximate surface area is 91.2 Å². The summed E-state index contributed by atoms with van der Waals surface area (Å²) in [6.07, 6.45) is 0.257. The maximum absolute atomic E-state index is 11.7. The van der Waals surface area contributed by atoms with Crippen molar-refractivity contribution >= 4 is 5.91 Å². The number of piperazine rings is 1. The number of nitriles is 1. The van der Waals surface area contributed by atoms with Gasteiger partial charge in [-0.15, -0.1) is 0 Å². The van der Waals surface area contributed by atoms with Crippen LogP contribution >= 0.6 is 0 Å². The van der Waals surface area contributed by atoms with Crippen LogP contribution in [0.1, 0.15) is 34.1 Å². The molecule has 1 fully saturated rings. The van der Waals surface area contributed by atoms with Gasteiger partial charge < -0.3 is 5.32 Å². The van der Waals surface area contributed by atoms with Crippen LogP contribution < -0.4 is 5.32 Å². The maximum atomic E-state index is 11.7. The molecule has 15 heavy (non-hydrogen) atoms. The lowest BCUT2D eigenvalue weighted by molar-refractivity contribution is -0.134. The van der Waals surface area contributed by atoms with Crippen molar-refractivity contribution in [3.8, 4) is 6.07 Å². The largest absolute Gasteiger partial charge is 0.353 e. The highest BCUT2D eigenvalue weighted by atomic mass is 16.2. The minimum absolute atomic E-state index is 0.0235. The average Bonchev–Trinajstić information content (AvgIpc) is 2.09. The normalized spacial score (nSPS) is 28.3. The molecule has 0 aromatic rings. The molecule has 0 bridgehead atoms. The standard InChI is InChI=1S/C11H19N3O/c1-8-7-13-10(15)9(5-6-12)14(8)11(2,3)4/h8-9H,5,7H2,1-4H3,(H,13,15). The van der Waals surface area contributed by atoms with E-state index >= 15 is 0 Å². The average molecular weight is 209 g/mol. The van der Waals surface area contributed by atoms with Gasteiger partial charge in [0.1, 0.15) is 6.04 Å². The first kappa shape index (κ1) is 12.0. The quantitative estimate of drug-likeness (QED) is 0.697. The van der Waals surface area contributed by atoms with Crippen molar-refractivity contribution in [2.75, 3.05) is 6.54 Å². The van der Waals surface area contributed by atoms with Crippen LogP contribution in [0.25, 0.3) is 0 Å². The van der Waals surface area contributed by atoms with Crippen LogP contribution in [0.4, 0.5) is 0 Å². The summed E-state index contributed by atoms with van der Waals surface area (Å²) in [6, 6.07) is 2.06. The lowest BCUT2D eigenvalue weighted by Crippen LogP contribution is -2.64. The van der Waals surface area contributed by atoms with Crippen LogP contribution in [0.2, 0.25) is 0 Å². The van der Waals surface area contributed by atoms with Gasteiger partial charge in [0, 0.05) is 18.1 Å². The van der Waals surface area contributed by atoms with E-state index in [0.29, 0.717) is 6.54 Å². The summed E-state index contributed by atoms with van der Waals surface area (Å²) in [4.78, 5) is 13.8. The molecule has 0 radical (unpaired) electrons. The molecule has 1 saturated heterocycles.